The van der Waals surface area contributed by atoms with E-state index in [1.54, 1.807) is 6.07 Å². The number of nitrogens with one attached hydrogen (secondary N) is 2. The first-order chi connectivity index (χ1) is 14.1. The van der Waals surface area contributed by atoms with Gasteiger partial charge in [-0.3, -0.25) is 5.10 Å². The van der Waals surface area contributed by atoms with Gasteiger partial charge in [-0.15, -0.1) is 10.2 Å². The lowest BCUT2D eigenvalue weighted by Crippen LogP contribution is -2.47. The van der Waals surface area contributed by atoms with Crippen molar-refractivity contribution in [2.24, 2.45) is 0 Å². The number of hydrogen-bond donors (Lipinski definition) is 3. The van der Waals surface area contributed by atoms with Crippen molar-refractivity contribution in [1.29, 1.82) is 0 Å². The number of aryl methyl sites for hydroxylation is 1. The van der Waals surface area contributed by atoms with Gasteiger partial charge in [-0.1, -0.05) is 6.07 Å². The van der Waals surface area contributed by atoms with E-state index >= 15 is 0 Å². The maximum atomic E-state index is 10.6. The van der Waals surface area contributed by atoms with Gasteiger partial charge in [-0.25, -0.2) is 0 Å². The minimum atomic E-state index is 0.188. The first kappa shape index (κ1) is 18.1. The smallest absolute Gasteiger partial charge is 0.151 e. The summed E-state index contributed by atoms with van der Waals surface area (Å²) in [5.74, 6) is 1.07. The molecule has 2 fully saturated rings. The van der Waals surface area contributed by atoms with Crippen molar-refractivity contribution in [2.75, 3.05) is 11.9 Å². The quantitative estimate of drug-likeness (QED) is 0.634. The highest BCUT2D eigenvalue weighted by atomic mass is 16.3. The van der Waals surface area contributed by atoms with E-state index in [-0.39, 0.29) is 5.75 Å². The SMILES string of the molecule is Cc1n[nH]cc1-c1ccc(-c2ccc(N(C)[C@H]3C[C@H]4CC[C@@H](C3)N4)nn2)c(O)c1. The van der Waals surface area contributed by atoms with Gasteiger partial charge in [0.15, 0.2) is 5.82 Å². The second kappa shape index (κ2) is 7.15. The Balaban J connectivity index is 1.35. The predicted molar refractivity (Wildman–Crippen MR) is 113 cm³/mol. The van der Waals surface area contributed by atoms with E-state index in [0.717, 1.165) is 35.5 Å². The van der Waals surface area contributed by atoms with Crippen LogP contribution in [0.4, 0.5) is 5.82 Å². The summed E-state index contributed by atoms with van der Waals surface area (Å²) >= 11 is 0. The van der Waals surface area contributed by atoms with Gasteiger partial charge in [-0.05, 0) is 62.4 Å². The number of piperidine rings is 1. The molecule has 2 aromatic heterocycles. The molecule has 0 spiro atoms. The summed E-state index contributed by atoms with van der Waals surface area (Å²) in [5.41, 5.74) is 4.14. The Morgan fingerprint density at radius 2 is 1.83 bits per heavy atom. The van der Waals surface area contributed by atoms with E-state index < -0.39 is 0 Å². The van der Waals surface area contributed by atoms with Crippen LogP contribution in [0.25, 0.3) is 22.4 Å². The molecule has 0 radical (unpaired) electrons. The lowest BCUT2D eigenvalue weighted by atomic mass is 9.98. The zero-order valence-electron chi connectivity index (χ0n) is 16.8. The van der Waals surface area contributed by atoms with Crippen LogP contribution in [0.2, 0.25) is 0 Å². The van der Waals surface area contributed by atoms with Crippen molar-refractivity contribution < 1.29 is 5.11 Å². The average molecular weight is 390 g/mol. The molecule has 1 aromatic carbocycles. The highest BCUT2D eigenvalue weighted by molar-refractivity contribution is 5.75. The van der Waals surface area contributed by atoms with E-state index in [1.807, 2.05) is 37.4 Å². The van der Waals surface area contributed by atoms with E-state index in [2.05, 4.69) is 37.7 Å². The number of aromatic hydroxyl groups is 1. The Bertz CT molecular complexity index is 1000. The maximum Gasteiger partial charge on any atom is 0.151 e. The number of nitrogens with zero attached hydrogens (tertiary/aromatic N) is 4. The lowest BCUT2D eigenvalue weighted by molar-refractivity contribution is 0.353. The van der Waals surface area contributed by atoms with Crippen molar-refractivity contribution in [3.63, 3.8) is 0 Å². The van der Waals surface area contributed by atoms with Crippen LogP contribution < -0.4 is 10.2 Å². The fourth-order valence-corrected chi connectivity index (χ4v) is 4.75. The second-order valence-corrected chi connectivity index (χ2v) is 8.27. The van der Waals surface area contributed by atoms with E-state index in [4.69, 9.17) is 0 Å². The molecular formula is C22H26N6O. The first-order valence-electron chi connectivity index (χ1n) is 10.2. The van der Waals surface area contributed by atoms with Crippen molar-refractivity contribution in [1.82, 2.24) is 25.7 Å². The van der Waals surface area contributed by atoms with Crippen LogP contribution in [0, 0.1) is 6.92 Å². The maximum absolute atomic E-state index is 10.6. The number of aromatic nitrogens is 4. The summed E-state index contributed by atoms with van der Waals surface area (Å²) in [5, 5.41) is 30.1. The summed E-state index contributed by atoms with van der Waals surface area (Å²) in [6, 6.07) is 11.3. The monoisotopic (exact) mass is 390 g/mol. The number of fused-ring (bicyclic) bond motifs is 2. The van der Waals surface area contributed by atoms with E-state index in [1.165, 1.54) is 12.8 Å². The van der Waals surface area contributed by atoms with Gasteiger partial charge < -0.3 is 15.3 Å². The number of phenols is 1. The molecule has 0 aliphatic carbocycles. The third kappa shape index (κ3) is 3.35. The summed E-state index contributed by atoms with van der Waals surface area (Å²) in [4.78, 5) is 2.26. The molecule has 2 bridgehead atoms. The van der Waals surface area contributed by atoms with Crippen molar-refractivity contribution in [2.45, 2.75) is 50.7 Å². The molecule has 7 nitrogen and oxygen atoms in total. The number of H-pyrrole nitrogens is 1. The standard InChI is InChI=1S/C22H26N6O/c1-13-19(12-23-25-13)14-3-6-18(21(29)9-14)20-7-8-22(27-26-20)28(2)17-10-15-4-5-16(11-17)24-15/h3,6-9,12,15-17,24,29H,4-5,10-11H2,1-2H3,(H,23,25)/t15-,16+,17+. The van der Waals surface area contributed by atoms with Crippen LogP contribution in [0.5, 0.6) is 5.75 Å². The summed E-state index contributed by atoms with van der Waals surface area (Å²) in [7, 11) is 2.11. The molecule has 2 saturated heterocycles. The van der Waals surface area contributed by atoms with Crippen LogP contribution in [0.15, 0.2) is 36.5 Å². The number of benzene rings is 1. The normalized spacial score (nSPS) is 23.3. The van der Waals surface area contributed by atoms with Crippen molar-refractivity contribution in [3.8, 4) is 28.1 Å². The van der Waals surface area contributed by atoms with Gasteiger partial charge >= 0.3 is 0 Å². The van der Waals surface area contributed by atoms with Crippen LogP contribution in [0.1, 0.15) is 31.4 Å². The Kier molecular flexibility index (Phi) is 4.47. The zero-order valence-corrected chi connectivity index (χ0v) is 16.8. The second-order valence-electron chi connectivity index (χ2n) is 8.27. The minimum absolute atomic E-state index is 0.188. The van der Waals surface area contributed by atoms with Gasteiger partial charge in [0, 0.05) is 42.5 Å². The zero-order chi connectivity index (χ0) is 20.0. The van der Waals surface area contributed by atoms with Gasteiger partial charge in [0.25, 0.3) is 0 Å². The van der Waals surface area contributed by atoms with Crippen LogP contribution in [-0.2, 0) is 0 Å². The average Bonchev–Trinajstić information content (AvgIpc) is 3.32. The van der Waals surface area contributed by atoms with E-state index in [0.29, 0.717) is 29.4 Å². The van der Waals surface area contributed by atoms with Crippen LogP contribution in [0.3, 0.4) is 0 Å². The Morgan fingerprint density at radius 1 is 1.03 bits per heavy atom. The van der Waals surface area contributed by atoms with Gasteiger partial charge in [-0.2, -0.15) is 5.10 Å². The molecule has 150 valence electrons. The van der Waals surface area contributed by atoms with Gasteiger partial charge in [0.2, 0.25) is 0 Å². The highest BCUT2D eigenvalue weighted by Gasteiger charge is 2.35. The number of phenolic OH excluding ortho intramolecular Hbond substituents is 1. The molecule has 29 heavy (non-hydrogen) atoms. The first-order valence-corrected chi connectivity index (χ1v) is 10.2. The van der Waals surface area contributed by atoms with E-state index in [9.17, 15) is 5.11 Å². The Labute approximate surface area is 170 Å². The molecule has 0 saturated carbocycles. The third-order valence-electron chi connectivity index (χ3n) is 6.42. The molecule has 0 unspecified atom stereocenters. The molecule has 3 atom stereocenters. The topological polar surface area (TPSA) is 90.0 Å². The number of rotatable bonds is 4. The molecule has 5 rings (SSSR count). The summed E-state index contributed by atoms with van der Waals surface area (Å²) < 4.78 is 0. The predicted octanol–water partition coefficient (Wildman–Crippen LogP) is 3.27. The van der Waals surface area contributed by atoms with Crippen molar-refractivity contribution >= 4 is 5.82 Å². The van der Waals surface area contributed by atoms with Gasteiger partial charge in [0.05, 0.1) is 11.4 Å². The fraction of sp³-hybridized carbons (Fsp3) is 0.409. The molecule has 2 aliphatic heterocycles. The Hall–Kier alpha value is -2.93. The van der Waals surface area contributed by atoms with Gasteiger partial charge in [0.1, 0.15) is 5.75 Å². The number of aromatic amines is 1. The largest absolute Gasteiger partial charge is 0.507 e. The fourth-order valence-electron chi connectivity index (χ4n) is 4.75. The molecule has 7 heteroatoms. The minimum Gasteiger partial charge on any atom is -0.507 e. The summed E-state index contributed by atoms with van der Waals surface area (Å²) in [6.45, 7) is 1.94. The molecular weight excluding hydrogens is 364 g/mol. The number of anilines is 1. The number of hydrogen-bond acceptors (Lipinski definition) is 6. The molecule has 4 heterocycles. The van der Waals surface area contributed by atoms with Crippen LogP contribution >= 0.6 is 0 Å². The summed E-state index contributed by atoms with van der Waals surface area (Å²) in [6.07, 6.45) is 6.72. The Morgan fingerprint density at radius 3 is 2.45 bits per heavy atom. The van der Waals surface area contributed by atoms with Crippen LogP contribution in [-0.4, -0.2) is 50.7 Å². The lowest BCUT2D eigenvalue weighted by Gasteiger charge is -2.36. The molecule has 3 N–H and O–H groups in total. The molecule has 3 aromatic rings. The molecule has 2 aliphatic rings. The van der Waals surface area contributed by atoms with Crippen molar-refractivity contribution in [3.05, 3.63) is 42.2 Å². The highest BCUT2D eigenvalue weighted by Crippen LogP contribution is 2.34. The molecule has 0 amide bonds. The third-order valence-corrected chi connectivity index (χ3v) is 6.42.